The third-order valence-corrected chi connectivity index (χ3v) is 2.84. The van der Waals surface area contributed by atoms with Crippen molar-refractivity contribution in [3.05, 3.63) is 34.9 Å². The highest BCUT2D eigenvalue weighted by Gasteiger charge is 1.92. The summed E-state index contributed by atoms with van der Waals surface area (Å²) in [5, 5.41) is 1.92. The highest BCUT2D eigenvalue weighted by Crippen LogP contribution is 2.11. The summed E-state index contributed by atoms with van der Waals surface area (Å²) < 4.78 is 0. The van der Waals surface area contributed by atoms with Gasteiger partial charge in [0, 0.05) is 5.02 Å². The average Bonchev–Trinajstić information content (AvgIpc) is 2.17. The minimum atomic E-state index is 0.746. The summed E-state index contributed by atoms with van der Waals surface area (Å²) in [6.07, 6.45) is 0. The monoisotopic (exact) mass is 227 g/mol. The second kappa shape index (κ2) is 6.10. The molecule has 0 atom stereocenters. The lowest BCUT2D eigenvalue weighted by atomic mass is 10.2. The van der Waals surface area contributed by atoms with Crippen LogP contribution in [-0.2, 0) is 6.54 Å². The molecule has 0 heterocycles. The van der Waals surface area contributed by atoms with E-state index in [1.165, 1.54) is 5.56 Å². The van der Waals surface area contributed by atoms with E-state index >= 15 is 0 Å². The van der Waals surface area contributed by atoms with E-state index in [4.69, 9.17) is 11.6 Å². The molecule has 0 saturated heterocycles. The quantitative estimate of drug-likeness (QED) is 0.562. The summed E-state index contributed by atoms with van der Waals surface area (Å²) in [7, 11) is 0. The molecule has 1 aromatic rings. The largest absolute Gasteiger partial charge is 0.278 e. The highest BCUT2D eigenvalue weighted by molar-refractivity contribution is 8.13. The predicted molar refractivity (Wildman–Crippen MR) is 66.4 cm³/mol. The molecule has 0 aliphatic heterocycles. The summed E-state index contributed by atoms with van der Waals surface area (Å²) in [6, 6.07) is 7.81. The number of hydrogen-bond donors (Lipinski definition) is 0. The van der Waals surface area contributed by atoms with Crippen LogP contribution < -0.4 is 0 Å². The Hall–Kier alpha value is -0.470. The van der Waals surface area contributed by atoms with Gasteiger partial charge in [0.2, 0.25) is 0 Å². The summed E-state index contributed by atoms with van der Waals surface area (Å²) in [6.45, 7) is 4.92. The smallest absolute Gasteiger partial charge is 0.0649 e. The summed E-state index contributed by atoms with van der Waals surface area (Å²) in [5.41, 5.74) is 1.20. The molecule has 1 rings (SSSR count). The lowest BCUT2D eigenvalue weighted by molar-refractivity contribution is 1.07. The van der Waals surface area contributed by atoms with Gasteiger partial charge in [0.15, 0.2) is 0 Å². The van der Waals surface area contributed by atoms with Crippen molar-refractivity contribution < 1.29 is 0 Å². The van der Waals surface area contributed by atoms with Gasteiger partial charge in [-0.3, -0.25) is 4.99 Å². The topological polar surface area (TPSA) is 12.4 Å². The van der Waals surface area contributed by atoms with Gasteiger partial charge < -0.3 is 0 Å². The first-order chi connectivity index (χ1) is 6.72. The van der Waals surface area contributed by atoms with Crippen molar-refractivity contribution in [3.63, 3.8) is 0 Å². The van der Waals surface area contributed by atoms with Gasteiger partial charge in [0.05, 0.1) is 11.6 Å². The number of halogens is 1. The molecule has 0 spiro atoms. The molecule has 0 bridgehead atoms. The third kappa shape index (κ3) is 4.16. The molecular formula is C11H14ClNS. The normalized spacial score (nSPS) is 11.8. The molecule has 0 saturated carbocycles. The van der Waals surface area contributed by atoms with Gasteiger partial charge in [0.25, 0.3) is 0 Å². The number of thioether (sulfide) groups is 1. The van der Waals surface area contributed by atoms with E-state index in [0.29, 0.717) is 0 Å². The van der Waals surface area contributed by atoms with E-state index in [9.17, 15) is 0 Å². The van der Waals surface area contributed by atoms with E-state index in [1.54, 1.807) is 11.8 Å². The maximum atomic E-state index is 5.78. The van der Waals surface area contributed by atoms with Crippen LogP contribution in [0.5, 0.6) is 0 Å². The van der Waals surface area contributed by atoms with Crippen molar-refractivity contribution >= 4 is 28.4 Å². The SMILES string of the molecule is CCSC(C)=NCc1ccc(Cl)cc1. The van der Waals surface area contributed by atoms with Gasteiger partial charge in [-0.05, 0) is 30.4 Å². The van der Waals surface area contributed by atoms with E-state index < -0.39 is 0 Å². The third-order valence-electron chi connectivity index (χ3n) is 1.75. The maximum absolute atomic E-state index is 5.78. The van der Waals surface area contributed by atoms with Gasteiger partial charge in [-0.2, -0.15) is 0 Å². The number of aliphatic imine (C=N–C) groups is 1. The van der Waals surface area contributed by atoms with Crippen LogP contribution in [0.2, 0.25) is 5.02 Å². The van der Waals surface area contributed by atoms with Crippen LogP contribution in [-0.4, -0.2) is 10.8 Å². The standard InChI is InChI=1S/C11H14ClNS/c1-3-14-9(2)13-8-10-4-6-11(12)7-5-10/h4-7H,3,8H2,1-2H3. The summed E-state index contributed by atoms with van der Waals surface area (Å²) >= 11 is 7.56. The lowest BCUT2D eigenvalue weighted by Crippen LogP contribution is -1.87. The van der Waals surface area contributed by atoms with Crippen molar-refractivity contribution in [2.24, 2.45) is 4.99 Å². The zero-order chi connectivity index (χ0) is 10.4. The zero-order valence-corrected chi connectivity index (χ0v) is 10.0. The maximum Gasteiger partial charge on any atom is 0.0649 e. The van der Waals surface area contributed by atoms with Crippen molar-refractivity contribution in [3.8, 4) is 0 Å². The Balaban J connectivity index is 2.53. The molecular weight excluding hydrogens is 214 g/mol. The van der Waals surface area contributed by atoms with Crippen molar-refractivity contribution in [1.82, 2.24) is 0 Å². The van der Waals surface area contributed by atoms with Crippen molar-refractivity contribution in [1.29, 1.82) is 0 Å². The molecule has 1 nitrogen and oxygen atoms in total. The molecule has 0 fully saturated rings. The number of hydrogen-bond acceptors (Lipinski definition) is 2. The van der Waals surface area contributed by atoms with Crippen LogP contribution in [0.4, 0.5) is 0 Å². The van der Waals surface area contributed by atoms with Gasteiger partial charge in [-0.25, -0.2) is 0 Å². The minimum absolute atomic E-state index is 0.746. The predicted octanol–water partition coefficient (Wildman–Crippen LogP) is 4.01. The van der Waals surface area contributed by atoms with Gasteiger partial charge in [-0.1, -0.05) is 30.7 Å². The molecule has 0 amide bonds. The van der Waals surface area contributed by atoms with E-state index in [2.05, 4.69) is 11.9 Å². The molecule has 1 aromatic carbocycles. The number of benzene rings is 1. The zero-order valence-electron chi connectivity index (χ0n) is 8.46. The highest BCUT2D eigenvalue weighted by atomic mass is 35.5. The molecule has 0 unspecified atom stereocenters. The molecule has 0 N–H and O–H groups in total. The molecule has 0 aliphatic rings. The fourth-order valence-electron chi connectivity index (χ4n) is 1.05. The number of rotatable bonds is 3. The summed E-state index contributed by atoms with van der Waals surface area (Å²) in [5.74, 6) is 1.08. The van der Waals surface area contributed by atoms with Crippen LogP contribution in [0.1, 0.15) is 19.4 Å². The van der Waals surface area contributed by atoms with Crippen LogP contribution in [0.25, 0.3) is 0 Å². The van der Waals surface area contributed by atoms with E-state index in [1.807, 2.05) is 31.2 Å². The first-order valence-corrected chi connectivity index (χ1v) is 5.97. The van der Waals surface area contributed by atoms with Crippen LogP contribution >= 0.6 is 23.4 Å². The molecule has 76 valence electrons. The first-order valence-electron chi connectivity index (χ1n) is 4.60. The van der Waals surface area contributed by atoms with Gasteiger partial charge >= 0.3 is 0 Å². The molecule has 3 heteroatoms. The summed E-state index contributed by atoms with van der Waals surface area (Å²) in [4.78, 5) is 4.45. The Labute approximate surface area is 94.6 Å². The van der Waals surface area contributed by atoms with E-state index in [0.717, 1.165) is 22.4 Å². The molecule has 14 heavy (non-hydrogen) atoms. The average molecular weight is 228 g/mol. The van der Waals surface area contributed by atoms with Crippen LogP contribution in [0, 0.1) is 0 Å². The van der Waals surface area contributed by atoms with Gasteiger partial charge in [0.1, 0.15) is 0 Å². The fraction of sp³-hybridized carbons (Fsp3) is 0.364. The fourth-order valence-corrected chi connectivity index (χ4v) is 1.75. The molecule has 0 aromatic heterocycles. The first kappa shape index (κ1) is 11.6. The Morgan fingerprint density at radius 2 is 2.00 bits per heavy atom. The minimum Gasteiger partial charge on any atom is -0.278 e. The Morgan fingerprint density at radius 3 is 2.57 bits per heavy atom. The molecule has 0 radical (unpaired) electrons. The van der Waals surface area contributed by atoms with Crippen LogP contribution in [0.3, 0.4) is 0 Å². The molecule has 0 aliphatic carbocycles. The Bertz CT molecular complexity index is 306. The second-order valence-corrected chi connectivity index (χ2v) is 4.79. The lowest BCUT2D eigenvalue weighted by Gasteiger charge is -1.99. The Morgan fingerprint density at radius 1 is 1.36 bits per heavy atom. The van der Waals surface area contributed by atoms with Crippen LogP contribution in [0.15, 0.2) is 29.3 Å². The van der Waals surface area contributed by atoms with Crippen molar-refractivity contribution in [2.75, 3.05) is 5.75 Å². The Kier molecular flexibility index (Phi) is 5.05. The second-order valence-electron chi connectivity index (χ2n) is 2.89. The van der Waals surface area contributed by atoms with Gasteiger partial charge in [-0.15, -0.1) is 11.8 Å². The van der Waals surface area contributed by atoms with E-state index in [-0.39, 0.29) is 0 Å². The van der Waals surface area contributed by atoms with Crippen molar-refractivity contribution in [2.45, 2.75) is 20.4 Å². The number of nitrogens with zero attached hydrogens (tertiary/aromatic N) is 1.